The molecule has 2 unspecified atom stereocenters. The minimum Gasteiger partial charge on any atom is -0.341 e. The molecule has 0 bridgehead atoms. The molecule has 0 radical (unpaired) electrons. The number of rotatable bonds is 2. The number of likely N-dealkylation sites (tertiary alicyclic amines) is 1. The minimum atomic E-state index is 0.118. The van der Waals surface area contributed by atoms with Gasteiger partial charge in [-0.2, -0.15) is 0 Å². The summed E-state index contributed by atoms with van der Waals surface area (Å²) in [4.78, 5) is 14.1. The number of amides is 1. The van der Waals surface area contributed by atoms with Crippen LogP contribution in [-0.2, 0) is 11.2 Å². The number of halogens is 1. The first-order chi connectivity index (χ1) is 8.56. The van der Waals surface area contributed by atoms with Crippen molar-refractivity contribution < 1.29 is 4.79 Å². The molecule has 1 aromatic rings. The zero-order chi connectivity index (χ0) is 13.1. The summed E-state index contributed by atoms with van der Waals surface area (Å²) in [6.07, 6.45) is 1.47. The standard InChI is InChI=1S/C14H19BrN2O/c1-10-6-7-17(9-13(10)16)14(18)8-11-2-4-12(15)5-3-11/h2-5,10,13H,6-9,16H2,1H3. The van der Waals surface area contributed by atoms with Gasteiger partial charge in [-0.3, -0.25) is 4.79 Å². The van der Waals surface area contributed by atoms with Crippen LogP contribution in [-0.4, -0.2) is 29.9 Å². The monoisotopic (exact) mass is 310 g/mol. The highest BCUT2D eigenvalue weighted by atomic mass is 79.9. The van der Waals surface area contributed by atoms with E-state index in [1.54, 1.807) is 0 Å². The van der Waals surface area contributed by atoms with Gasteiger partial charge in [0.1, 0.15) is 0 Å². The minimum absolute atomic E-state index is 0.118. The predicted molar refractivity (Wildman–Crippen MR) is 76.2 cm³/mol. The van der Waals surface area contributed by atoms with Crippen LogP contribution in [0.5, 0.6) is 0 Å². The molecular weight excluding hydrogens is 292 g/mol. The number of carbonyl (C=O) groups excluding carboxylic acids is 1. The average molecular weight is 311 g/mol. The van der Waals surface area contributed by atoms with E-state index in [-0.39, 0.29) is 11.9 Å². The third-order valence-electron chi connectivity index (χ3n) is 3.64. The fraction of sp³-hybridized carbons (Fsp3) is 0.500. The number of hydrogen-bond acceptors (Lipinski definition) is 2. The van der Waals surface area contributed by atoms with E-state index in [2.05, 4.69) is 22.9 Å². The Morgan fingerprint density at radius 1 is 1.44 bits per heavy atom. The third-order valence-corrected chi connectivity index (χ3v) is 4.17. The molecule has 1 heterocycles. The summed E-state index contributed by atoms with van der Waals surface area (Å²) < 4.78 is 1.03. The molecule has 1 saturated heterocycles. The Labute approximate surface area is 116 Å². The first kappa shape index (κ1) is 13.6. The van der Waals surface area contributed by atoms with Gasteiger partial charge in [-0.25, -0.2) is 0 Å². The molecule has 0 saturated carbocycles. The van der Waals surface area contributed by atoms with Crippen molar-refractivity contribution in [3.05, 3.63) is 34.3 Å². The summed E-state index contributed by atoms with van der Waals surface area (Å²) in [7, 11) is 0. The molecule has 0 aliphatic carbocycles. The van der Waals surface area contributed by atoms with Crippen molar-refractivity contribution in [3.63, 3.8) is 0 Å². The number of nitrogens with zero attached hydrogens (tertiary/aromatic N) is 1. The average Bonchev–Trinajstić information content (AvgIpc) is 2.35. The van der Waals surface area contributed by atoms with Crippen LogP contribution in [0.4, 0.5) is 0 Å². The Hall–Kier alpha value is -0.870. The Balaban J connectivity index is 1.94. The lowest BCUT2D eigenvalue weighted by molar-refractivity contribution is -0.132. The van der Waals surface area contributed by atoms with Gasteiger partial charge in [0.2, 0.25) is 5.91 Å². The Morgan fingerprint density at radius 3 is 2.72 bits per heavy atom. The molecular formula is C14H19BrN2O. The fourth-order valence-corrected chi connectivity index (χ4v) is 2.48. The second-order valence-corrected chi connectivity index (χ2v) is 5.99. The molecule has 1 aliphatic rings. The van der Waals surface area contributed by atoms with Crippen LogP contribution in [0, 0.1) is 5.92 Å². The molecule has 1 aliphatic heterocycles. The summed E-state index contributed by atoms with van der Waals surface area (Å²) in [6, 6.07) is 8.01. The van der Waals surface area contributed by atoms with Gasteiger partial charge in [-0.1, -0.05) is 35.0 Å². The van der Waals surface area contributed by atoms with Crippen molar-refractivity contribution in [3.8, 4) is 0 Å². The van der Waals surface area contributed by atoms with Crippen molar-refractivity contribution in [2.75, 3.05) is 13.1 Å². The van der Waals surface area contributed by atoms with Crippen LogP contribution in [0.3, 0.4) is 0 Å². The van der Waals surface area contributed by atoms with E-state index in [0.29, 0.717) is 18.9 Å². The van der Waals surface area contributed by atoms with E-state index < -0.39 is 0 Å². The molecule has 2 N–H and O–H groups in total. The molecule has 2 rings (SSSR count). The van der Waals surface area contributed by atoms with Crippen molar-refractivity contribution in [2.45, 2.75) is 25.8 Å². The first-order valence-electron chi connectivity index (χ1n) is 6.34. The number of nitrogens with two attached hydrogens (primary N) is 1. The SMILES string of the molecule is CC1CCN(C(=O)Cc2ccc(Br)cc2)CC1N. The largest absolute Gasteiger partial charge is 0.341 e. The quantitative estimate of drug-likeness (QED) is 0.910. The fourth-order valence-electron chi connectivity index (χ4n) is 2.21. The van der Waals surface area contributed by atoms with Gasteiger partial charge in [-0.15, -0.1) is 0 Å². The van der Waals surface area contributed by atoms with Gasteiger partial charge in [0, 0.05) is 23.6 Å². The number of piperidine rings is 1. The molecule has 1 aromatic carbocycles. The van der Waals surface area contributed by atoms with Gasteiger partial charge in [0.15, 0.2) is 0 Å². The van der Waals surface area contributed by atoms with E-state index in [9.17, 15) is 4.79 Å². The number of benzene rings is 1. The van der Waals surface area contributed by atoms with Gasteiger partial charge in [0.25, 0.3) is 0 Å². The smallest absolute Gasteiger partial charge is 0.227 e. The highest BCUT2D eigenvalue weighted by Crippen LogP contribution is 2.17. The molecule has 4 heteroatoms. The maximum atomic E-state index is 12.2. The van der Waals surface area contributed by atoms with Crippen LogP contribution in [0.2, 0.25) is 0 Å². The number of carbonyl (C=O) groups is 1. The Bertz CT molecular complexity index is 418. The lowest BCUT2D eigenvalue weighted by atomic mass is 9.94. The van der Waals surface area contributed by atoms with Gasteiger partial charge in [-0.05, 0) is 30.0 Å². The summed E-state index contributed by atoms with van der Waals surface area (Å²) in [5, 5.41) is 0. The summed E-state index contributed by atoms with van der Waals surface area (Å²) in [5.41, 5.74) is 7.07. The summed E-state index contributed by atoms with van der Waals surface area (Å²) >= 11 is 3.39. The van der Waals surface area contributed by atoms with Crippen molar-refractivity contribution >= 4 is 21.8 Å². The van der Waals surface area contributed by atoms with Gasteiger partial charge >= 0.3 is 0 Å². The first-order valence-corrected chi connectivity index (χ1v) is 7.13. The topological polar surface area (TPSA) is 46.3 Å². The maximum Gasteiger partial charge on any atom is 0.227 e. The van der Waals surface area contributed by atoms with Crippen molar-refractivity contribution in [1.29, 1.82) is 0 Å². The molecule has 0 spiro atoms. The highest BCUT2D eigenvalue weighted by Gasteiger charge is 2.25. The summed E-state index contributed by atoms with van der Waals surface area (Å²) in [5.74, 6) is 0.696. The van der Waals surface area contributed by atoms with E-state index in [0.717, 1.165) is 23.0 Å². The number of hydrogen-bond donors (Lipinski definition) is 1. The van der Waals surface area contributed by atoms with Crippen molar-refractivity contribution in [2.24, 2.45) is 11.7 Å². The zero-order valence-electron chi connectivity index (χ0n) is 10.6. The maximum absolute atomic E-state index is 12.2. The molecule has 3 nitrogen and oxygen atoms in total. The van der Waals surface area contributed by atoms with E-state index in [1.807, 2.05) is 29.2 Å². The van der Waals surface area contributed by atoms with E-state index in [1.165, 1.54) is 0 Å². The van der Waals surface area contributed by atoms with Crippen LogP contribution < -0.4 is 5.73 Å². The van der Waals surface area contributed by atoms with Gasteiger partial charge in [0.05, 0.1) is 6.42 Å². The van der Waals surface area contributed by atoms with Crippen LogP contribution in [0.15, 0.2) is 28.7 Å². The third kappa shape index (κ3) is 3.33. The predicted octanol–water partition coefficient (Wildman–Crippen LogP) is 2.19. The van der Waals surface area contributed by atoms with E-state index >= 15 is 0 Å². The normalized spacial score (nSPS) is 24.1. The Kier molecular flexibility index (Phi) is 4.40. The lowest BCUT2D eigenvalue weighted by Crippen LogP contribution is -2.50. The second kappa shape index (κ2) is 5.85. The highest BCUT2D eigenvalue weighted by molar-refractivity contribution is 9.10. The van der Waals surface area contributed by atoms with Crippen LogP contribution in [0.1, 0.15) is 18.9 Å². The Morgan fingerprint density at radius 2 is 2.11 bits per heavy atom. The lowest BCUT2D eigenvalue weighted by Gasteiger charge is -2.35. The molecule has 18 heavy (non-hydrogen) atoms. The molecule has 98 valence electrons. The summed E-state index contributed by atoms with van der Waals surface area (Å²) in [6.45, 7) is 3.68. The van der Waals surface area contributed by atoms with Gasteiger partial charge < -0.3 is 10.6 Å². The van der Waals surface area contributed by atoms with Crippen LogP contribution in [0.25, 0.3) is 0 Å². The molecule has 1 fully saturated rings. The molecule has 2 atom stereocenters. The zero-order valence-corrected chi connectivity index (χ0v) is 12.2. The second-order valence-electron chi connectivity index (χ2n) is 5.07. The molecule has 0 aromatic heterocycles. The van der Waals surface area contributed by atoms with Crippen LogP contribution >= 0.6 is 15.9 Å². The molecule has 1 amide bonds. The van der Waals surface area contributed by atoms with E-state index in [4.69, 9.17) is 5.73 Å². The van der Waals surface area contributed by atoms with Crippen molar-refractivity contribution in [1.82, 2.24) is 4.90 Å².